The third-order valence-electron chi connectivity index (χ3n) is 2.92. The number of aryl methyl sites for hydroxylation is 2. The molecular weight excluding hydrogens is 264 g/mol. The lowest BCUT2D eigenvalue weighted by Crippen LogP contribution is -2.15. The lowest BCUT2D eigenvalue weighted by Gasteiger charge is -2.13. The summed E-state index contributed by atoms with van der Waals surface area (Å²) >= 11 is 0. The van der Waals surface area contributed by atoms with E-state index in [1.54, 1.807) is 26.0 Å². The number of nitrogens with one attached hydrogen (secondary N) is 2. The molecule has 4 N–H and O–H groups in total. The zero-order valence-corrected chi connectivity index (χ0v) is 11.8. The van der Waals surface area contributed by atoms with Crippen molar-refractivity contribution in [1.29, 1.82) is 0 Å². The number of nitrogen functional groups attached to an aromatic ring is 1. The lowest BCUT2D eigenvalue weighted by molar-refractivity contribution is 0.598. The molecule has 1 aromatic carbocycles. The molecule has 0 radical (unpaired) electrons. The summed E-state index contributed by atoms with van der Waals surface area (Å²) in [4.78, 5) is 6.58. The molecule has 0 fully saturated rings. The average molecular weight is 280 g/mol. The van der Waals surface area contributed by atoms with Gasteiger partial charge in [0.15, 0.2) is 5.03 Å². The molecule has 0 bridgehead atoms. The van der Waals surface area contributed by atoms with E-state index in [4.69, 9.17) is 5.73 Å². The minimum absolute atomic E-state index is 0.0335. The summed E-state index contributed by atoms with van der Waals surface area (Å²) in [6.07, 6.45) is 1.29. The molecule has 0 saturated carbocycles. The second-order valence-electron chi connectivity index (χ2n) is 4.41. The summed E-state index contributed by atoms with van der Waals surface area (Å²) in [5.74, 6) is 0.543. The molecule has 2 aromatic rings. The smallest absolute Gasteiger partial charge is 0.279 e. The van der Waals surface area contributed by atoms with E-state index in [1.165, 1.54) is 6.20 Å². The molecule has 1 heterocycles. The molecule has 0 atom stereocenters. The Labute approximate surface area is 112 Å². The van der Waals surface area contributed by atoms with E-state index in [9.17, 15) is 8.42 Å². The molecule has 0 aliphatic carbocycles. The lowest BCUT2D eigenvalue weighted by atomic mass is 10.1. The van der Waals surface area contributed by atoms with Crippen molar-refractivity contribution in [3.63, 3.8) is 0 Å². The highest BCUT2D eigenvalue weighted by Crippen LogP contribution is 2.27. The van der Waals surface area contributed by atoms with Gasteiger partial charge >= 0.3 is 0 Å². The maximum absolute atomic E-state index is 12.2. The van der Waals surface area contributed by atoms with Gasteiger partial charge in [-0.25, -0.2) is 4.98 Å². The molecular formula is C12H16N4O2S. The van der Waals surface area contributed by atoms with E-state index < -0.39 is 10.0 Å². The molecule has 0 aliphatic heterocycles. The third kappa shape index (κ3) is 2.55. The van der Waals surface area contributed by atoms with Crippen molar-refractivity contribution in [3.8, 4) is 0 Å². The fourth-order valence-corrected chi connectivity index (χ4v) is 2.91. The Morgan fingerprint density at radius 3 is 2.53 bits per heavy atom. The van der Waals surface area contributed by atoms with Gasteiger partial charge in [-0.2, -0.15) is 8.42 Å². The van der Waals surface area contributed by atoms with Crippen LogP contribution in [-0.2, 0) is 10.0 Å². The predicted octanol–water partition coefficient (Wildman–Crippen LogP) is 1.72. The van der Waals surface area contributed by atoms with E-state index >= 15 is 0 Å². The Morgan fingerprint density at radius 1 is 1.26 bits per heavy atom. The number of H-pyrrole nitrogens is 1. The van der Waals surface area contributed by atoms with Crippen LogP contribution in [0.3, 0.4) is 0 Å². The van der Waals surface area contributed by atoms with E-state index in [2.05, 4.69) is 14.7 Å². The third-order valence-corrected chi connectivity index (χ3v) is 4.18. The van der Waals surface area contributed by atoms with Gasteiger partial charge in [0.2, 0.25) is 0 Å². The number of rotatable bonds is 3. The molecule has 0 amide bonds. The van der Waals surface area contributed by atoms with Crippen LogP contribution in [0.1, 0.15) is 17.0 Å². The maximum Gasteiger partial charge on any atom is 0.279 e. The van der Waals surface area contributed by atoms with Crippen molar-refractivity contribution in [2.75, 3.05) is 10.5 Å². The second kappa shape index (κ2) is 4.58. The molecule has 0 spiro atoms. The van der Waals surface area contributed by atoms with Gasteiger partial charge in [0.1, 0.15) is 5.82 Å². The quantitative estimate of drug-likeness (QED) is 0.745. The first-order valence-corrected chi connectivity index (χ1v) is 7.19. The fraction of sp³-hybridized carbons (Fsp3) is 0.250. The number of aromatic amines is 1. The van der Waals surface area contributed by atoms with Crippen molar-refractivity contribution in [3.05, 3.63) is 35.3 Å². The Bertz CT molecular complexity index is 719. The van der Waals surface area contributed by atoms with Crippen molar-refractivity contribution < 1.29 is 8.42 Å². The van der Waals surface area contributed by atoms with Gasteiger partial charge in [0, 0.05) is 5.69 Å². The Kier molecular flexibility index (Phi) is 3.23. The number of nitrogens with two attached hydrogens (primary N) is 1. The summed E-state index contributed by atoms with van der Waals surface area (Å²) in [6.45, 7) is 5.29. The van der Waals surface area contributed by atoms with E-state index in [0.29, 0.717) is 22.8 Å². The van der Waals surface area contributed by atoms with Crippen LogP contribution in [0.5, 0.6) is 0 Å². The largest absolute Gasteiger partial charge is 0.398 e. The summed E-state index contributed by atoms with van der Waals surface area (Å²) in [5, 5.41) is 0.0335. The van der Waals surface area contributed by atoms with Crippen LogP contribution >= 0.6 is 0 Å². The van der Waals surface area contributed by atoms with Crippen LogP contribution in [0, 0.1) is 20.8 Å². The number of hydrogen-bond acceptors (Lipinski definition) is 4. The first-order chi connectivity index (χ1) is 8.81. The maximum atomic E-state index is 12.2. The second-order valence-corrected chi connectivity index (χ2v) is 6.06. The summed E-state index contributed by atoms with van der Waals surface area (Å²) in [6, 6.07) is 3.53. The number of nitrogens with zero attached hydrogens (tertiary/aromatic N) is 1. The minimum atomic E-state index is -3.68. The average Bonchev–Trinajstić information content (AvgIpc) is 2.77. The highest BCUT2D eigenvalue weighted by Gasteiger charge is 2.19. The summed E-state index contributed by atoms with van der Waals surface area (Å²) < 4.78 is 27.0. The van der Waals surface area contributed by atoms with Gasteiger partial charge in [-0.15, -0.1) is 0 Å². The van der Waals surface area contributed by atoms with Crippen LogP contribution in [0.4, 0.5) is 11.4 Å². The van der Waals surface area contributed by atoms with Crippen LogP contribution in [0.15, 0.2) is 23.4 Å². The molecule has 1 aromatic heterocycles. The number of benzene rings is 1. The van der Waals surface area contributed by atoms with E-state index in [0.717, 1.165) is 5.56 Å². The van der Waals surface area contributed by atoms with Crippen molar-refractivity contribution in [2.24, 2.45) is 0 Å². The zero-order valence-electron chi connectivity index (χ0n) is 11.0. The first-order valence-electron chi connectivity index (χ1n) is 5.71. The number of hydrogen-bond donors (Lipinski definition) is 3. The first kappa shape index (κ1) is 13.4. The number of anilines is 2. The van der Waals surface area contributed by atoms with Gasteiger partial charge in [-0.3, -0.25) is 4.72 Å². The molecule has 102 valence electrons. The molecule has 19 heavy (non-hydrogen) atoms. The standard InChI is InChI=1S/C12H16N4O2S/c1-7-4-5-10(13)8(2)12(7)16-19(17,18)11-6-14-9(3)15-11/h4-6,16H,13H2,1-3H3,(H,14,15). The summed E-state index contributed by atoms with van der Waals surface area (Å²) in [7, 11) is -3.68. The van der Waals surface area contributed by atoms with Crippen LogP contribution in [0.25, 0.3) is 0 Å². The SMILES string of the molecule is Cc1ncc(S(=O)(=O)Nc2c(C)ccc(N)c2C)[nH]1. The van der Waals surface area contributed by atoms with Gasteiger partial charge in [-0.05, 0) is 38.0 Å². The van der Waals surface area contributed by atoms with Gasteiger partial charge in [0.25, 0.3) is 10.0 Å². The highest BCUT2D eigenvalue weighted by molar-refractivity contribution is 7.92. The molecule has 0 aliphatic rings. The minimum Gasteiger partial charge on any atom is -0.398 e. The molecule has 6 nitrogen and oxygen atoms in total. The normalized spacial score (nSPS) is 11.5. The fourth-order valence-electron chi connectivity index (χ4n) is 1.74. The zero-order chi connectivity index (χ0) is 14.2. The Morgan fingerprint density at radius 2 is 1.95 bits per heavy atom. The molecule has 7 heteroatoms. The summed E-state index contributed by atoms with van der Waals surface area (Å²) in [5.41, 5.74) is 8.37. The topological polar surface area (TPSA) is 101 Å². The number of aromatic nitrogens is 2. The van der Waals surface area contributed by atoms with Crippen LogP contribution < -0.4 is 10.5 Å². The van der Waals surface area contributed by atoms with E-state index in [-0.39, 0.29) is 5.03 Å². The Balaban J connectivity index is 2.44. The number of sulfonamides is 1. The van der Waals surface area contributed by atoms with Gasteiger partial charge < -0.3 is 10.7 Å². The van der Waals surface area contributed by atoms with E-state index in [1.807, 2.05) is 6.92 Å². The van der Waals surface area contributed by atoms with Crippen LogP contribution in [0.2, 0.25) is 0 Å². The van der Waals surface area contributed by atoms with Crippen molar-refractivity contribution in [1.82, 2.24) is 9.97 Å². The highest BCUT2D eigenvalue weighted by atomic mass is 32.2. The van der Waals surface area contributed by atoms with Gasteiger partial charge in [0.05, 0.1) is 11.9 Å². The molecule has 0 saturated heterocycles. The number of imidazole rings is 1. The van der Waals surface area contributed by atoms with Gasteiger partial charge in [-0.1, -0.05) is 6.07 Å². The van der Waals surface area contributed by atoms with Crippen LogP contribution in [-0.4, -0.2) is 18.4 Å². The monoisotopic (exact) mass is 280 g/mol. The Hall–Kier alpha value is -2.02. The predicted molar refractivity (Wildman–Crippen MR) is 74.5 cm³/mol. The molecule has 2 rings (SSSR count). The van der Waals surface area contributed by atoms with Crippen molar-refractivity contribution in [2.45, 2.75) is 25.8 Å². The molecule has 0 unspecified atom stereocenters. The van der Waals surface area contributed by atoms with Crippen molar-refractivity contribution >= 4 is 21.4 Å².